The predicted octanol–water partition coefficient (Wildman–Crippen LogP) is 3.78. The van der Waals surface area contributed by atoms with E-state index in [9.17, 15) is 0 Å². The molecule has 0 amide bonds. The van der Waals surface area contributed by atoms with E-state index >= 15 is 0 Å². The van der Waals surface area contributed by atoms with Gasteiger partial charge in [0.1, 0.15) is 0 Å². The molecule has 3 aromatic rings. The second kappa shape index (κ2) is 4.67. The molecule has 2 heterocycles. The maximum atomic E-state index is 5.98. The van der Waals surface area contributed by atoms with Gasteiger partial charge in [-0.05, 0) is 30.9 Å². The minimum Gasteiger partial charge on any atom is -0.236 e. The lowest BCUT2D eigenvalue weighted by Gasteiger charge is -2.10. The van der Waals surface area contributed by atoms with Crippen molar-refractivity contribution in [2.24, 2.45) is 0 Å². The molecule has 0 bridgehead atoms. The Morgan fingerprint density at radius 1 is 1.16 bits per heavy atom. The minimum absolute atomic E-state index is 0.463. The van der Waals surface area contributed by atoms with E-state index in [0.717, 1.165) is 33.5 Å². The highest BCUT2D eigenvalue weighted by Crippen LogP contribution is 2.25. The summed E-state index contributed by atoms with van der Waals surface area (Å²) < 4.78 is 1.88. The lowest BCUT2D eigenvalue weighted by molar-refractivity contribution is 0.813. The minimum atomic E-state index is 0.463. The Labute approximate surface area is 116 Å². The first kappa shape index (κ1) is 12.2. The van der Waals surface area contributed by atoms with Gasteiger partial charge in [0.25, 0.3) is 0 Å². The first-order chi connectivity index (χ1) is 9.20. The molecule has 0 spiro atoms. The topological polar surface area (TPSA) is 30.7 Å². The number of hydrogen-bond acceptors (Lipinski definition) is 2. The van der Waals surface area contributed by atoms with Gasteiger partial charge in [-0.3, -0.25) is 0 Å². The third-order valence-corrected chi connectivity index (χ3v) is 3.50. The summed E-state index contributed by atoms with van der Waals surface area (Å²) >= 11 is 5.98. The largest absolute Gasteiger partial charge is 0.236 e. The number of aromatic nitrogens is 3. The molecule has 0 aliphatic rings. The summed E-state index contributed by atoms with van der Waals surface area (Å²) in [5.74, 6) is 1.32. The predicted molar refractivity (Wildman–Crippen MR) is 77.9 cm³/mol. The van der Waals surface area contributed by atoms with E-state index in [0.29, 0.717) is 5.88 Å². The first-order valence-corrected chi connectivity index (χ1v) is 6.70. The molecule has 0 saturated heterocycles. The number of fused-ring (bicyclic) bond motifs is 1. The maximum absolute atomic E-state index is 5.98. The van der Waals surface area contributed by atoms with Crippen molar-refractivity contribution >= 4 is 22.4 Å². The molecule has 4 heteroatoms. The Kier molecular flexibility index (Phi) is 2.99. The Morgan fingerprint density at radius 2 is 1.89 bits per heavy atom. The SMILES string of the molecule is Cc1cc(C)n(-c2ncc(CCl)c3ccccc23)n1. The van der Waals surface area contributed by atoms with E-state index in [-0.39, 0.29) is 0 Å². The zero-order valence-corrected chi connectivity index (χ0v) is 11.6. The average molecular weight is 272 g/mol. The van der Waals surface area contributed by atoms with Crippen molar-refractivity contribution in [2.75, 3.05) is 0 Å². The summed E-state index contributed by atoms with van der Waals surface area (Å²) in [7, 11) is 0. The zero-order chi connectivity index (χ0) is 13.4. The number of benzene rings is 1. The summed E-state index contributed by atoms with van der Waals surface area (Å²) in [5, 5.41) is 6.72. The number of pyridine rings is 1. The fourth-order valence-electron chi connectivity index (χ4n) is 2.35. The highest BCUT2D eigenvalue weighted by molar-refractivity contribution is 6.18. The van der Waals surface area contributed by atoms with Crippen LogP contribution in [0.25, 0.3) is 16.6 Å². The molecule has 2 aromatic heterocycles. The zero-order valence-electron chi connectivity index (χ0n) is 10.9. The van der Waals surface area contributed by atoms with E-state index in [4.69, 9.17) is 11.6 Å². The second-order valence-electron chi connectivity index (χ2n) is 4.63. The van der Waals surface area contributed by atoms with Crippen LogP contribution in [0.4, 0.5) is 0 Å². The van der Waals surface area contributed by atoms with Crippen LogP contribution in [-0.4, -0.2) is 14.8 Å². The normalized spacial score (nSPS) is 11.1. The van der Waals surface area contributed by atoms with Crippen LogP contribution in [0.5, 0.6) is 0 Å². The molecule has 0 saturated carbocycles. The third kappa shape index (κ3) is 2.00. The van der Waals surface area contributed by atoms with Gasteiger partial charge in [0, 0.05) is 23.2 Å². The van der Waals surface area contributed by atoms with E-state index in [2.05, 4.69) is 22.2 Å². The van der Waals surface area contributed by atoms with Gasteiger partial charge in [-0.15, -0.1) is 11.6 Å². The van der Waals surface area contributed by atoms with E-state index in [1.807, 2.05) is 42.9 Å². The average Bonchev–Trinajstić information content (AvgIpc) is 2.76. The molecule has 19 heavy (non-hydrogen) atoms. The van der Waals surface area contributed by atoms with Gasteiger partial charge in [-0.25, -0.2) is 9.67 Å². The molecular weight excluding hydrogens is 258 g/mol. The number of halogens is 1. The number of nitrogens with zero attached hydrogens (tertiary/aromatic N) is 3. The second-order valence-corrected chi connectivity index (χ2v) is 4.89. The van der Waals surface area contributed by atoms with Crippen molar-refractivity contribution < 1.29 is 0 Å². The highest BCUT2D eigenvalue weighted by atomic mass is 35.5. The van der Waals surface area contributed by atoms with Gasteiger partial charge in [0.2, 0.25) is 0 Å². The third-order valence-electron chi connectivity index (χ3n) is 3.21. The monoisotopic (exact) mass is 271 g/mol. The van der Waals surface area contributed by atoms with Crippen LogP contribution in [-0.2, 0) is 5.88 Å². The molecule has 3 rings (SSSR count). The Morgan fingerprint density at radius 3 is 2.53 bits per heavy atom. The Balaban J connectivity index is 2.34. The smallest absolute Gasteiger partial charge is 0.161 e. The van der Waals surface area contributed by atoms with Crippen molar-refractivity contribution in [3.8, 4) is 5.82 Å². The van der Waals surface area contributed by atoms with Crippen molar-refractivity contribution in [3.05, 3.63) is 53.5 Å². The highest BCUT2D eigenvalue weighted by Gasteiger charge is 2.11. The van der Waals surface area contributed by atoms with Crippen LogP contribution < -0.4 is 0 Å². The van der Waals surface area contributed by atoms with Gasteiger partial charge in [0.05, 0.1) is 5.69 Å². The first-order valence-electron chi connectivity index (χ1n) is 6.17. The van der Waals surface area contributed by atoms with Gasteiger partial charge < -0.3 is 0 Å². The van der Waals surface area contributed by atoms with Crippen molar-refractivity contribution in [3.63, 3.8) is 0 Å². The van der Waals surface area contributed by atoms with E-state index in [1.54, 1.807) is 0 Å². The van der Waals surface area contributed by atoms with Gasteiger partial charge in [0.15, 0.2) is 5.82 Å². The number of alkyl halides is 1. The Bertz CT molecular complexity index is 746. The summed E-state index contributed by atoms with van der Waals surface area (Å²) in [5.41, 5.74) is 3.11. The Hall–Kier alpha value is -1.87. The number of rotatable bonds is 2. The number of hydrogen-bond donors (Lipinski definition) is 0. The lowest BCUT2D eigenvalue weighted by Crippen LogP contribution is -2.03. The maximum Gasteiger partial charge on any atom is 0.161 e. The van der Waals surface area contributed by atoms with Gasteiger partial charge in [-0.2, -0.15) is 5.10 Å². The molecule has 0 aliphatic heterocycles. The van der Waals surface area contributed by atoms with Gasteiger partial charge in [-0.1, -0.05) is 24.3 Å². The summed E-state index contributed by atoms with van der Waals surface area (Å²) in [6.45, 7) is 4.02. The standard InChI is InChI=1S/C15H14ClN3/c1-10-7-11(2)19(18-10)15-14-6-4-3-5-13(14)12(8-16)9-17-15/h3-7,9H,8H2,1-2H3. The number of aryl methyl sites for hydroxylation is 2. The van der Waals surface area contributed by atoms with Crippen LogP contribution in [0.3, 0.4) is 0 Å². The fraction of sp³-hybridized carbons (Fsp3) is 0.200. The van der Waals surface area contributed by atoms with Crippen molar-refractivity contribution in [1.82, 2.24) is 14.8 Å². The fourth-order valence-corrected chi connectivity index (χ4v) is 2.57. The van der Waals surface area contributed by atoms with Crippen molar-refractivity contribution in [2.45, 2.75) is 19.7 Å². The van der Waals surface area contributed by atoms with Crippen LogP contribution >= 0.6 is 11.6 Å². The molecule has 1 aromatic carbocycles. The van der Waals surface area contributed by atoms with Crippen molar-refractivity contribution in [1.29, 1.82) is 0 Å². The molecule has 96 valence electrons. The molecule has 0 N–H and O–H groups in total. The van der Waals surface area contributed by atoms with Gasteiger partial charge >= 0.3 is 0 Å². The molecule has 0 radical (unpaired) electrons. The van der Waals surface area contributed by atoms with Crippen LogP contribution in [0.15, 0.2) is 36.5 Å². The lowest BCUT2D eigenvalue weighted by atomic mass is 10.1. The molecule has 0 atom stereocenters. The molecule has 0 unspecified atom stereocenters. The molecule has 0 aliphatic carbocycles. The van der Waals surface area contributed by atoms with E-state index < -0.39 is 0 Å². The summed E-state index contributed by atoms with van der Waals surface area (Å²) in [6, 6.07) is 10.2. The van der Waals surface area contributed by atoms with E-state index in [1.165, 1.54) is 0 Å². The quantitative estimate of drug-likeness (QED) is 0.664. The summed E-state index contributed by atoms with van der Waals surface area (Å²) in [6.07, 6.45) is 1.83. The van der Waals surface area contributed by atoms with Crippen LogP contribution in [0.2, 0.25) is 0 Å². The molecule has 3 nitrogen and oxygen atoms in total. The molecular formula is C15H14ClN3. The van der Waals surface area contributed by atoms with Crippen LogP contribution in [0, 0.1) is 13.8 Å². The summed E-state index contributed by atoms with van der Waals surface area (Å²) in [4.78, 5) is 4.54. The van der Waals surface area contributed by atoms with Crippen LogP contribution in [0.1, 0.15) is 17.0 Å². The molecule has 0 fully saturated rings.